The van der Waals surface area contributed by atoms with Crippen LogP contribution in [0.25, 0.3) is 6.08 Å². The van der Waals surface area contributed by atoms with E-state index in [9.17, 15) is 18.7 Å². The summed E-state index contributed by atoms with van der Waals surface area (Å²) in [5, 5.41) is 1.35. The molecule has 0 radical (unpaired) electrons. The smallest absolute Gasteiger partial charge is 0.254 e. The van der Waals surface area contributed by atoms with Crippen LogP contribution in [0.3, 0.4) is 0 Å². The lowest BCUT2D eigenvalue weighted by atomic mass is 10.1. The molecule has 0 aliphatic carbocycles. The van der Waals surface area contributed by atoms with Crippen molar-refractivity contribution in [3.63, 3.8) is 0 Å². The van der Waals surface area contributed by atoms with Crippen LogP contribution in [-0.2, 0) is 0 Å². The summed E-state index contributed by atoms with van der Waals surface area (Å²) in [5.41, 5.74) is 1.68. The lowest BCUT2D eigenvalue weighted by Gasteiger charge is -2.35. The Morgan fingerprint density at radius 3 is 2.11 bits per heavy atom. The summed E-state index contributed by atoms with van der Waals surface area (Å²) in [5.74, 6) is -0.180. The standard InChI is InChI=1S/C20H20N2O4S/c23-19(15-5-2-1-3-6-15)21-10-12-22(13-11-21)20(24)17-7-4-8-18-16(17)9-14-27(18,25)26/h1-9,14,25-26H,10-13H2. The maximum Gasteiger partial charge on any atom is 0.254 e. The first-order chi connectivity index (χ1) is 13.0. The molecule has 2 aromatic rings. The molecule has 0 saturated carbocycles. The monoisotopic (exact) mass is 384 g/mol. The van der Waals surface area contributed by atoms with E-state index in [1.807, 2.05) is 18.2 Å². The number of carbonyl (C=O) groups excluding carboxylic acids is 2. The lowest BCUT2D eigenvalue weighted by Crippen LogP contribution is -2.50. The molecule has 2 aliphatic rings. The van der Waals surface area contributed by atoms with Crippen molar-refractivity contribution in [3.05, 3.63) is 70.6 Å². The number of benzene rings is 2. The molecular weight excluding hydrogens is 364 g/mol. The number of hydrogen-bond acceptors (Lipinski definition) is 4. The van der Waals surface area contributed by atoms with E-state index in [0.29, 0.717) is 47.8 Å². The van der Waals surface area contributed by atoms with Crippen molar-refractivity contribution in [1.29, 1.82) is 0 Å². The Morgan fingerprint density at radius 2 is 1.44 bits per heavy atom. The zero-order chi connectivity index (χ0) is 19.0. The molecule has 0 aromatic heterocycles. The van der Waals surface area contributed by atoms with Gasteiger partial charge in [0.25, 0.3) is 11.8 Å². The Labute approximate surface area is 159 Å². The molecule has 7 heteroatoms. The minimum absolute atomic E-state index is 0.0276. The molecule has 140 valence electrons. The van der Waals surface area contributed by atoms with Gasteiger partial charge in [-0.05, 0) is 30.3 Å². The molecule has 2 amide bonds. The second-order valence-corrected chi connectivity index (χ2v) is 8.46. The fourth-order valence-corrected chi connectivity index (χ4v) is 4.70. The summed E-state index contributed by atoms with van der Waals surface area (Å²) in [6.45, 7) is 1.83. The summed E-state index contributed by atoms with van der Waals surface area (Å²) in [6, 6.07) is 14.1. The van der Waals surface area contributed by atoms with E-state index in [2.05, 4.69) is 0 Å². The minimum Gasteiger partial charge on any atom is -0.335 e. The summed E-state index contributed by atoms with van der Waals surface area (Å²) in [4.78, 5) is 29.3. The SMILES string of the molecule is O=C(c1ccccc1)N1CCN(C(=O)c2cccc3c2C=CS3(O)O)CC1. The van der Waals surface area contributed by atoms with Gasteiger partial charge in [0.05, 0.1) is 4.90 Å². The van der Waals surface area contributed by atoms with Gasteiger partial charge in [0.2, 0.25) is 0 Å². The van der Waals surface area contributed by atoms with Crippen LogP contribution in [0.15, 0.2) is 58.8 Å². The molecule has 1 saturated heterocycles. The normalized spacial score (nSPS) is 18.9. The van der Waals surface area contributed by atoms with Crippen LogP contribution in [0, 0.1) is 0 Å². The first-order valence-corrected chi connectivity index (χ1v) is 10.3. The average Bonchev–Trinajstić information content (AvgIpc) is 3.03. The van der Waals surface area contributed by atoms with Gasteiger partial charge < -0.3 is 9.80 Å². The molecule has 6 nitrogen and oxygen atoms in total. The molecule has 0 spiro atoms. The lowest BCUT2D eigenvalue weighted by molar-refractivity contribution is 0.0535. The van der Waals surface area contributed by atoms with Crippen molar-refractivity contribution < 1.29 is 18.7 Å². The van der Waals surface area contributed by atoms with E-state index in [-0.39, 0.29) is 11.8 Å². The number of hydrogen-bond donors (Lipinski definition) is 2. The predicted octanol–water partition coefficient (Wildman–Crippen LogP) is 3.38. The van der Waals surface area contributed by atoms with Gasteiger partial charge in [0.15, 0.2) is 0 Å². The van der Waals surface area contributed by atoms with Crippen molar-refractivity contribution in [3.8, 4) is 0 Å². The fraction of sp³-hybridized carbons (Fsp3) is 0.200. The quantitative estimate of drug-likeness (QED) is 0.832. The number of nitrogens with zero attached hydrogens (tertiary/aromatic N) is 2. The van der Waals surface area contributed by atoms with E-state index < -0.39 is 10.6 Å². The highest BCUT2D eigenvalue weighted by Gasteiger charge is 2.30. The highest BCUT2D eigenvalue weighted by Crippen LogP contribution is 2.56. The summed E-state index contributed by atoms with van der Waals surface area (Å²) >= 11 is 0. The van der Waals surface area contributed by atoms with Gasteiger partial charge in [-0.2, -0.15) is 0 Å². The van der Waals surface area contributed by atoms with Crippen molar-refractivity contribution in [2.45, 2.75) is 4.90 Å². The Kier molecular flexibility index (Phi) is 4.51. The first kappa shape index (κ1) is 17.8. The summed E-state index contributed by atoms with van der Waals surface area (Å²) in [6.07, 6.45) is 1.60. The van der Waals surface area contributed by atoms with Crippen molar-refractivity contribution in [1.82, 2.24) is 9.80 Å². The first-order valence-electron chi connectivity index (χ1n) is 8.70. The van der Waals surface area contributed by atoms with E-state index in [4.69, 9.17) is 0 Å². The van der Waals surface area contributed by atoms with E-state index >= 15 is 0 Å². The molecule has 0 bridgehead atoms. The van der Waals surface area contributed by atoms with Crippen molar-refractivity contribution in [2.24, 2.45) is 0 Å². The molecule has 0 atom stereocenters. The largest absolute Gasteiger partial charge is 0.335 e. The second kappa shape index (κ2) is 6.84. The van der Waals surface area contributed by atoms with Gasteiger partial charge in [-0.3, -0.25) is 18.7 Å². The van der Waals surface area contributed by atoms with Gasteiger partial charge >= 0.3 is 0 Å². The molecule has 2 aromatic carbocycles. The van der Waals surface area contributed by atoms with Crippen LogP contribution in [0.4, 0.5) is 0 Å². The highest BCUT2D eigenvalue weighted by molar-refractivity contribution is 8.27. The number of fused-ring (bicyclic) bond motifs is 1. The summed E-state index contributed by atoms with van der Waals surface area (Å²) < 4.78 is 20.1. The van der Waals surface area contributed by atoms with E-state index in [0.717, 1.165) is 0 Å². The molecule has 2 heterocycles. The van der Waals surface area contributed by atoms with Crippen molar-refractivity contribution in [2.75, 3.05) is 26.2 Å². The maximum atomic E-state index is 13.0. The third-order valence-electron chi connectivity index (χ3n) is 4.92. The molecule has 2 N–H and O–H groups in total. The fourth-order valence-electron chi connectivity index (χ4n) is 3.45. The molecule has 1 fully saturated rings. The Morgan fingerprint density at radius 1 is 0.815 bits per heavy atom. The molecule has 27 heavy (non-hydrogen) atoms. The van der Waals surface area contributed by atoms with Crippen LogP contribution in [0.5, 0.6) is 0 Å². The molecule has 2 aliphatic heterocycles. The topological polar surface area (TPSA) is 81.1 Å². The Hall–Kier alpha value is -2.61. The van der Waals surface area contributed by atoms with Crippen LogP contribution in [0.2, 0.25) is 0 Å². The van der Waals surface area contributed by atoms with Gasteiger partial charge in [0, 0.05) is 48.3 Å². The Balaban J connectivity index is 1.47. The van der Waals surface area contributed by atoms with Gasteiger partial charge in [-0.1, -0.05) is 24.3 Å². The number of piperazine rings is 1. The second-order valence-electron chi connectivity index (χ2n) is 6.56. The average molecular weight is 384 g/mol. The minimum atomic E-state index is -2.95. The van der Waals surface area contributed by atoms with E-state index in [1.165, 1.54) is 5.41 Å². The van der Waals surface area contributed by atoms with Crippen molar-refractivity contribution >= 4 is 28.5 Å². The van der Waals surface area contributed by atoms with Crippen LogP contribution >= 0.6 is 10.6 Å². The zero-order valence-electron chi connectivity index (χ0n) is 14.6. The maximum absolute atomic E-state index is 13.0. The zero-order valence-corrected chi connectivity index (χ0v) is 15.4. The van der Waals surface area contributed by atoms with Crippen LogP contribution in [0.1, 0.15) is 26.3 Å². The molecule has 4 rings (SSSR count). The van der Waals surface area contributed by atoms with E-state index in [1.54, 1.807) is 46.2 Å². The molecule has 0 unspecified atom stereocenters. The van der Waals surface area contributed by atoms with Crippen LogP contribution < -0.4 is 0 Å². The van der Waals surface area contributed by atoms with Gasteiger partial charge in [0.1, 0.15) is 0 Å². The number of amides is 2. The number of carbonyl (C=O) groups is 2. The predicted molar refractivity (Wildman–Crippen MR) is 105 cm³/mol. The van der Waals surface area contributed by atoms with Gasteiger partial charge in [-0.15, -0.1) is 10.6 Å². The summed E-state index contributed by atoms with van der Waals surface area (Å²) in [7, 11) is -2.95. The highest BCUT2D eigenvalue weighted by atomic mass is 32.3. The molecular formula is C20H20N2O4S. The third kappa shape index (κ3) is 3.25. The van der Waals surface area contributed by atoms with Gasteiger partial charge in [-0.25, -0.2) is 0 Å². The third-order valence-corrected chi connectivity index (χ3v) is 6.44. The van der Waals surface area contributed by atoms with Crippen LogP contribution in [-0.4, -0.2) is 56.9 Å². The Bertz CT molecular complexity index is 919. The number of rotatable bonds is 2.